The molecule has 2 heteroatoms. The molecule has 0 N–H and O–H groups in total. The second-order valence-electron chi connectivity index (χ2n) is 7.91. The van der Waals surface area contributed by atoms with Crippen molar-refractivity contribution < 1.29 is 8.98 Å². The minimum absolute atomic E-state index is 0.944. The Labute approximate surface area is 171 Å². The van der Waals surface area contributed by atoms with Gasteiger partial charge in [-0.1, -0.05) is 42.5 Å². The smallest absolute Gasteiger partial charge is 0.212 e. The van der Waals surface area contributed by atoms with Crippen LogP contribution in [-0.4, -0.2) is 0 Å². The molecule has 0 saturated heterocycles. The van der Waals surface area contributed by atoms with Gasteiger partial charge in [-0.15, -0.1) is 0 Å². The van der Waals surface area contributed by atoms with Crippen molar-refractivity contribution in [2.45, 2.75) is 20.8 Å². The van der Waals surface area contributed by atoms with Gasteiger partial charge in [0.1, 0.15) is 18.2 Å². The summed E-state index contributed by atoms with van der Waals surface area (Å²) in [5.74, 6) is 0. The first-order valence-electron chi connectivity index (χ1n) is 10.0. The zero-order chi connectivity index (χ0) is 20.1. The van der Waals surface area contributed by atoms with Gasteiger partial charge in [0.05, 0.1) is 0 Å². The van der Waals surface area contributed by atoms with E-state index in [0.29, 0.717) is 0 Å². The number of aromatic nitrogens is 1. The summed E-state index contributed by atoms with van der Waals surface area (Å²) in [6, 6.07) is 23.6. The van der Waals surface area contributed by atoms with E-state index in [2.05, 4.69) is 105 Å². The number of fused-ring (bicyclic) bond motifs is 3. The molecule has 0 aliphatic rings. The second kappa shape index (κ2) is 6.59. The van der Waals surface area contributed by atoms with Crippen LogP contribution in [0.4, 0.5) is 0 Å². The summed E-state index contributed by atoms with van der Waals surface area (Å²) in [6.45, 7) is 6.50. The maximum atomic E-state index is 6.44. The molecule has 2 aromatic heterocycles. The van der Waals surface area contributed by atoms with Crippen molar-refractivity contribution >= 4 is 21.9 Å². The molecule has 0 amide bonds. The quantitative estimate of drug-likeness (QED) is 0.314. The van der Waals surface area contributed by atoms with Crippen LogP contribution in [0.15, 0.2) is 77.3 Å². The highest BCUT2D eigenvalue weighted by molar-refractivity contribution is 6.12. The van der Waals surface area contributed by atoms with E-state index in [9.17, 15) is 0 Å². The summed E-state index contributed by atoms with van der Waals surface area (Å²) in [5, 5.41) is 2.38. The zero-order valence-electron chi connectivity index (χ0n) is 17.3. The maximum Gasteiger partial charge on any atom is 0.212 e. The van der Waals surface area contributed by atoms with Gasteiger partial charge in [-0.3, -0.25) is 0 Å². The maximum absolute atomic E-state index is 6.44. The van der Waals surface area contributed by atoms with Crippen molar-refractivity contribution in [3.05, 3.63) is 89.6 Å². The van der Waals surface area contributed by atoms with Gasteiger partial charge in [-0.2, -0.15) is 0 Å². The lowest BCUT2D eigenvalue weighted by Crippen LogP contribution is -2.30. The lowest BCUT2D eigenvalue weighted by molar-refractivity contribution is -0.660. The molecule has 0 spiro atoms. The average molecular weight is 378 g/mol. The third kappa shape index (κ3) is 2.75. The molecular formula is C27H24NO+. The minimum atomic E-state index is 0.944. The van der Waals surface area contributed by atoms with E-state index in [1.54, 1.807) is 0 Å². The highest BCUT2D eigenvalue weighted by Crippen LogP contribution is 2.40. The molecule has 0 saturated carbocycles. The SMILES string of the molecule is Cc1cc[n+](C)c(-c2ccc3oc4c(-c5ccccc5)c(C)ccc4c3c2C)c1. The zero-order valence-corrected chi connectivity index (χ0v) is 17.3. The highest BCUT2D eigenvalue weighted by atomic mass is 16.3. The predicted molar refractivity (Wildman–Crippen MR) is 120 cm³/mol. The highest BCUT2D eigenvalue weighted by Gasteiger charge is 2.20. The molecule has 2 nitrogen and oxygen atoms in total. The fourth-order valence-electron chi connectivity index (χ4n) is 4.38. The Kier molecular flexibility index (Phi) is 4.02. The van der Waals surface area contributed by atoms with E-state index in [4.69, 9.17) is 4.42 Å². The molecule has 5 aromatic rings. The summed E-state index contributed by atoms with van der Waals surface area (Å²) in [6.07, 6.45) is 2.12. The number of nitrogens with zero attached hydrogens (tertiary/aromatic N) is 1. The van der Waals surface area contributed by atoms with Gasteiger partial charge in [0.15, 0.2) is 6.20 Å². The van der Waals surface area contributed by atoms with E-state index >= 15 is 0 Å². The van der Waals surface area contributed by atoms with Gasteiger partial charge in [-0.05, 0) is 55.2 Å². The van der Waals surface area contributed by atoms with Gasteiger partial charge in [-0.25, -0.2) is 4.57 Å². The average Bonchev–Trinajstić information content (AvgIpc) is 3.10. The van der Waals surface area contributed by atoms with Crippen LogP contribution in [0.5, 0.6) is 0 Å². The van der Waals surface area contributed by atoms with Gasteiger partial charge < -0.3 is 4.42 Å². The number of hydrogen-bond donors (Lipinski definition) is 0. The van der Waals surface area contributed by atoms with Crippen LogP contribution in [0, 0.1) is 20.8 Å². The number of hydrogen-bond acceptors (Lipinski definition) is 1. The molecule has 0 fully saturated rings. The molecule has 0 radical (unpaired) electrons. The molecule has 3 aromatic carbocycles. The van der Waals surface area contributed by atoms with Crippen molar-refractivity contribution in [2.75, 3.05) is 0 Å². The first-order chi connectivity index (χ1) is 14.0. The van der Waals surface area contributed by atoms with E-state index < -0.39 is 0 Å². The summed E-state index contributed by atoms with van der Waals surface area (Å²) in [7, 11) is 2.10. The molecule has 0 bridgehead atoms. The molecule has 0 aliphatic carbocycles. The first-order valence-corrected chi connectivity index (χ1v) is 10.0. The Morgan fingerprint density at radius 1 is 0.828 bits per heavy atom. The summed E-state index contributed by atoms with van der Waals surface area (Å²) in [5.41, 5.74) is 10.5. The Morgan fingerprint density at radius 3 is 2.41 bits per heavy atom. The monoisotopic (exact) mass is 378 g/mol. The van der Waals surface area contributed by atoms with Crippen LogP contribution >= 0.6 is 0 Å². The second-order valence-corrected chi connectivity index (χ2v) is 7.91. The summed E-state index contributed by atoms with van der Waals surface area (Å²) >= 11 is 0. The molecule has 29 heavy (non-hydrogen) atoms. The number of furan rings is 1. The molecular weight excluding hydrogens is 354 g/mol. The fourth-order valence-corrected chi connectivity index (χ4v) is 4.38. The Hall–Kier alpha value is -3.39. The van der Waals surface area contributed by atoms with Crippen LogP contribution < -0.4 is 4.57 Å². The Morgan fingerprint density at radius 2 is 1.62 bits per heavy atom. The largest absolute Gasteiger partial charge is 0.455 e. The normalized spacial score (nSPS) is 11.4. The number of rotatable bonds is 2. The van der Waals surface area contributed by atoms with E-state index in [0.717, 1.165) is 11.2 Å². The molecule has 2 heterocycles. The lowest BCUT2D eigenvalue weighted by Gasteiger charge is -2.08. The Bertz CT molecular complexity index is 1380. The fraction of sp³-hybridized carbons (Fsp3) is 0.148. The van der Waals surface area contributed by atoms with E-state index in [1.807, 2.05) is 0 Å². The number of benzene rings is 3. The third-order valence-corrected chi connectivity index (χ3v) is 5.92. The first kappa shape index (κ1) is 17.7. The summed E-state index contributed by atoms with van der Waals surface area (Å²) < 4.78 is 8.62. The molecule has 0 atom stereocenters. The van der Waals surface area contributed by atoms with Crippen LogP contribution in [0.1, 0.15) is 16.7 Å². The molecule has 5 rings (SSSR count). The molecule has 0 aliphatic heterocycles. The van der Waals surface area contributed by atoms with Crippen LogP contribution in [0.3, 0.4) is 0 Å². The van der Waals surface area contributed by atoms with Gasteiger partial charge >= 0.3 is 0 Å². The number of aryl methyl sites for hydroxylation is 4. The van der Waals surface area contributed by atoms with Crippen molar-refractivity contribution in [2.24, 2.45) is 7.05 Å². The predicted octanol–water partition coefficient (Wildman–Crippen LogP) is 6.67. The van der Waals surface area contributed by atoms with Gasteiger partial charge in [0, 0.05) is 34.0 Å². The van der Waals surface area contributed by atoms with Crippen molar-refractivity contribution in [1.82, 2.24) is 0 Å². The van der Waals surface area contributed by atoms with E-state index in [-0.39, 0.29) is 0 Å². The van der Waals surface area contributed by atoms with Crippen molar-refractivity contribution in [1.29, 1.82) is 0 Å². The van der Waals surface area contributed by atoms with Gasteiger partial charge in [0.2, 0.25) is 5.69 Å². The van der Waals surface area contributed by atoms with Crippen LogP contribution in [0.25, 0.3) is 44.3 Å². The van der Waals surface area contributed by atoms with Crippen LogP contribution in [0.2, 0.25) is 0 Å². The van der Waals surface area contributed by atoms with Crippen molar-refractivity contribution in [3.63, 3.8) is 0 Å². The Balaban J connectivity index is 1.85. The van der Waals surface area contributed by atoms with E-state index in [1.165, 1.54) is 49.8 Å². The van der Waals surface area contributed by atoms with Gasteiger partial charge in [0.25, 0.3) is 0 Å². The minimum Gasteiger partial charge on any atom is -0.455 e. The van der Waals surface area contributed by atoms with Crippen LogP contribution in [-0.2, 0) is 7.05 Å². The topological polar surface area (TPSA) is 17.0 Å². The molecule has 0 unspecified atom stereocenters. The number of pyridine rings is 1. The lowest BCUT2D eigenvalue weighted by atomic mass is 9.95. The van der Waals surface area contributed by atoms with Crippen molar-refractivity contribution in [3.8, 4) is 22.4 Å². The standard InChI is InChI=1S/C27H24NO/c1-17-14-15-28(4)23(16-17)21-12-13-24-26(19(21)3)22-11-10-18(2)25(27(22)29-24)20-8-6-5-7-9-20/h5-16H,1-4H3/q+1. The molecule has 142 valence electrons. The summed E-state index contributed by atoms with van der Waals surface area (Å²) in [4.78, 5) is 0. The third-order valence-electron chi connectivity index (χ3n) is 5.92.